The Morgan fingerprint density at radius 1 is 1.30 bits per heavy atom. The number of nitrogens with zero attached hydrogens (tertiary/aromatic N) is 1. The third-order valence-corrected chi connectivity index (χ3v) is 5.66. The molecule has 0 aromatic heterocycles. The number of ether oxygens (including phenoxy) is 2. The number of nitrogens with one attached hydrogen (secondary N) is 1. The largest absolute Gasteiger partial charge is 0.497 e. The summed E-state index contributed by atoms with van der Waals surface area (Å²) in [5.74, 6) is 1.80. The van der Waals surface area contributed by atoms with Crippen molar-refractivity contribution in [2.75, 3.05) is 34.4 Å². The van der Waals surface area contributed by atoms with E-state index < -0.39 is 0 Å². The second-order valence-electron chi connectivity index (χ2n) is 5.48. The maximum atomic E-state index is 12.7. The van der Waals surface area contributed by atoms with Gasteiger partial charge in [-0.2, -0.15) is 0 Å². The van der Waals surface area contributed by atoms with Crippen LogP contribution in [0.3, 0.4) is 0 Å². The van der Waals surface area contributed by atoms with Crippen LogP contribution in [0.1, 0.15) is 30.7 Å². The monoisotopic (exact) mass is 338 g/mol. The molecular formula is C17H26N2O3S. The number of benzene rings is 1. The van der Waals surface area contributed by atoms with E-state index in [1.165, 1.54) is 0 Å². The first-order valence-electron chi connectivity index (χ1n) is 7.98. The normalized spacial score (nSPS) is 20.9. The fourth-order valence-electron chi connectivity index (χ4n) is 2.79. The highest BCUT2D eigenvalue weighted by atomic mass is 32.2. The number of hydrogen-bond donors (Lipinski definition) is 1. The van der Waals surface area contributed by atoms with Gasteiger partial charge in [-0.3, -0.25) is 4.79 Å². The minimum Gasteiger partial charge on any atom is -0.497 e. The van der Waals surface area contributed by atoms with Crippen molar-refractivity contribution in [3.63, 3.8) is 0 Å². The molecule has 2 rings (SSSR count). The number of methoxy groups -OCH3 is 2. The van der Waals surface area contributed by atoms with Crippen molar-refractivity contribution < 1.29 is 14.3 Å². The maximum absolute atomic E-state index is 12.7. The van der Waals surface area contributed by atoms with E-state index in [2.05, 4.69) is 12.2 Å². The Morgan fingerprint density at radius 2 is 2.09 bits per heavy atom. The molecule has 1 amide bonds. The molecule has 128 valence electrons. The summed E-state index contributed by atoms with van der Waals surface area (Å²) in [6.45, 7) is 3.70. The summed E-state index contributed by atoms with van der Waals surface area (Å²) in [6, 6.07) is 5.77. The Hall–Kier alpha value is -1.40. The van der Waals surface area contributed by atoms with Gasteiger partial charge in [-0.05, 0) is 44.6 Å². The molecule has 2 unspecified atom stereocenters. The van der Waals surface area contributed by atoms with Crippen molar-refractivity contribution >= 4 is 17.7 Å². The van der Waals surface area contributed by atoms with Crippen LogP contribution in [-0.4, -0.2) is 50.4 Å². The SMILES string of the molecule is CCC1SC(c2cc(OC)ccc2OC)N(CCCNC)C1=O. The Bertz CT molecular complexity index is 539. The van der Waals surface area contributed by atoms with Crippen molar-refractivity contribution in [2.24, 2.45) is 0 Å². The van der Waals surface area contributed by atoms with Gasteiger partial charge in [-0.25, -0.2) is 0 Å². The van der Waals surface area contributed by atoms with Crippen LogP contribution >= 0.6 is 11.8 Å². The Balaban J connectivity index is 2.31. The number of thioether (sulfide) groups is 1. The van der Waals surface area contributed by atoms with Gasteiger partial charge in [-0.15, -0.1) is 11.8 Å². The van der Waals surface area contributed by atoms with E-state index in [0.717, 1.165) is 43.0 Å². The van der Waals surface area contributed by atoms with Crippen molar-refractivity contribution in [1.82, 2.24) is 10.2 Å². The predicted octanol–water partition coefficient (Wildman–Crippen LogP) is 2.67. The number of amides is 1. The lowest BCUT2D eigenvalue weighted by atomic mass is 10.1. The molecule has 1 saturated heterocycles. The summed E-state index contributed by atoms with van der Waals surface area (Å²) in [6.07, 6.45) is 1.77. The molecule has 2 atom stereocenters. The molecule has 1 heterocycles. The zero-order valence-corrected chi connectivity index (χ0v) is 15.1. The van der Waals surface area contributed by atoms with E-state index in [1.807, 2.05) is 30.1 Å². The Labute approximate surface area is 142 Å². The van der Waals surface area contributed by atoms with Crippen LogP contribution in [0.2, 0.25) is 0 Å². The molecule has 0 radical (unpaired) electrons. The summed E-state index contributed by atoms with van der Waals surface area (Å²) >= 11 is 1.71. The lowest BCUT2D eigenvalue weighted by Gasteiger charge is -2.25. The minimum absolute atomic E-state index is 0.0190. The number of hydrogen-bond acceptors (Lipinski definition) is 5. The van der Waals surface area contributed by atoms with Gasteiger partial charge in [0.1, 0.15) is 16.9 Å². The summed E-state index contributed by atoms with van der Waals surface area (Å²) in [5, 5.41) is 3.14. The average molecular weight is 338 g/mol. The number of carbonyl (C=O) groups is 1. The molecular weight excluding hydrogens is 312 g/mol. The molecule has 5 nitrogen and oxygen atoms in total. The van der Waals surface area contributed by atoms with Gasteiger partial charge in [-0.1, -0.05) is 6.92 Å². The van der Waals surface area contributed by atoms with Crippen LogP contribution in [0.25, 0.3) is 0 Å². The zero-order chi connectivity index (χ0) is 16.8. The first kappa shape index (κ1) is 17.9. The average Bonchev–Trinajstić information content (AvgIpc) is 2.90. The lowest BCUT2D eigenvalue weighted by molar-refractivity contribution is -0.130. The minimum atomic E-state index is -0.0191. The van der Waals surface area contributed by atoms with E-state index >= 15 is 0 Å². The van der Waals surface area contributed by atoms with Crippen LogP contribution in [0.5, 0.6) is 11.5 Å². The van der Waals surface area contributed by atoms with Crippen molar-refractivity contribution in [1.29, 1.82) is 0 Å². The Morgan fingerprint density at radius 3 is 2.70 bits per heavy atom. The molecule has 1 aliphatic rings. The summed E-state index contributed by atoms with van der Waals surface area (Å²) in [7, 11) is 5.24. The van der Waals surface area contributed by atoms with E-state index in [9.17, 15) is 4.79 Å². The highest BCUT2D eigenvalue weighted by molar-refractivity contribution is 8.01. The molecule has 1 fully saturated rings. The Kier molecular flexibility index (Phi) is 6.59. The molecule has 0 bridgehead atoms. The summed E-state index contributed by atoms with van der Waals surface area (Å²) < 4.78 is 10.9. The van der Waals surface area contributed by atoms with Gasteiger partial charge in [0.25, 0.3) is 0 Å². The van der Waals surface area contributed by atoms with Gasteiger partial charge < -0.3 is 19.7 Å². The molecule has 1 aromatic rings. The predicted molar refractivity (Wildman–Crippen MR) is 94.2 cm³/mol. The quantitative estimate of drug-likeness (QED) is 0.739. The molecule has 1 N–H and O–H groups in total. The van der Waals surface area contributed by atoms with Gasteiger partial charge in [0, 0.05) is 12.1 Å². The van der Waals surface area contributed by atoms with Gasteiger partial charge in [0.15, 0.2) is 0 Å². The molecule has 0 spiro atoms. The van der Waals surface area contributed by atoms with E-state index in [-0.39, 0.29) is 16.5 Å². The van der Waals surface area contributed by atoms with Crippen LogP contribution in [0, 0.1) is 0 Å². The zero-order valence-electron chi connectivity index (χ0n) is 14.3. The summed E-state index contributed by atoms with van der Waals surface area (Å²) in [4.78, 5) is 14.7. The highest BCUT2D eigenvalue weighted by Gasteiger charge is 2.40. The van der Waals surface area contributed by atoms with E-state index in [0.29, 0.717) is 0 Å². The molecule has 0 saturated carbocycles. The van der Waals surface area contributed by atoms with Crippen LogP contribution < -0.4 is 14.8 Å². The van der Waals surface area contributed by atoms with E-state index in [1.54, 1.807) is 26.0 Å². The van der Waals surface area contributed by atoms with Crippen LogP contribution in [0.4, 0.5) is 0 Å². The fourth-order valence-corrected chi connectivity index (χ4v) is 4.23. The fraction of sp³-hybridized carbons (Fsp3) is 0.588. The topological polar surface area (TPSA) is 50.8 Å². The molecule has 1 aliphatic heterocycles. The maximum Gasteiger partial charge on any atom is 0.236 e. The molecule has 1 aromatic carbocycles. The van der Waals surface area contributed by atoms with Gasteiger partial charge >= 0.3 is 0 Å². The lowest BCUT2D eigenvalue weighted by Crippen LogP contribution is -2.33. The van der Waals surface area contributed by atoms with E-state index in [4.69, 9.17) is 9.47 Å². The molecule has 6 heteroatoms. The highest BCUT2D eigenvalue weighted by Crippen LogP contribution is 2.47. The first-order chi connectivity index (χ1) is 11.2. The van der Waals surface area contributed by atoms with Crippen LogP contribution in [0.15, 0.2) is 18.2 Å². The van der Waals surface area contributed by atoms with Crippen LogP contribution in [-0.2, 0) is 4.79 Å². The van der Waals surface area contributed by atoms with Gasteiger partial charge in [0.05, 0.1) is 19.5 Å². The molecule has 23 heavy (non-hydrogen) atoms. The second kappa shape index (κ2) is 8.45. The third-order valence-electron chi connectivity index (χ3n) is 4.03. The summed E-state index contributed by atoms with van der Waals surface area (Å²) in [5.41, 5.74) is 1.01. The van der Waals surface area contributed by atoms with Crippen molar-refractivity contribution in [2.45, 2.75) is 30.4 Å². The standard InChI is InChI=1S/C17H26N2O3S/c1-5-15-16(20)19(10-6-9-18-2)17(23-15)13-11-12(21-3)7-8-14(13)22-4/h7-8,11,15,17-18H,5-6,9-10H2,1-4H3. The van der Waals surface area contributed by atoms with Crippen molar-refractivity contribution in [3.8, 4) is 11.5 Å². The smallest absolute Gasteiger partial charge is 0.236 e. The number of carbonyl (C=O) groups excluding carboxylic acids is 1. The van der Waals surface area contributed by atoms with Crippen molar-refractivity contribution in [3.05, 3.63) is 23.8 Å². The third kappa shape index (κ3) is 3.93. The second-order valence-corrected chi connectivity index (χ2v) is 6.77. The first-order valence-corrected chi connectivity index (χ1v) is 8.93. The molecule has 0 aliphatic carbocycles. The number of rotatable bonds is 8. The van der Waals surface area contributed by atoms with Gasteiger partial charge in [0.2, 0.25) is 5.91 Å².